The van der Waals surface area contributed by atoms with E-state index in [1.54, 1.807) is 32.2 Å². The van der Waals surface area contributed by atoms with Gasteiger partial charge in [0.15, 0.2) is 0 Å². The molecule has 2 aliphatic heterocycles. The molecule has 1 unspecified atom stereocenters. The summed E-state index contributed by atoms with van der Waals surface area (Å²) in [4.78, 5) is 44.4. The standard InChI is InChI=1S/C25H33ClN4O4/c1-3-34-24(32)21-20(28(2)25(33)27-22(21)18-9-5-10-19(26)15-18)16-29-11-6-12-30(14-13-29)23(31)17-7-4-8-17/h5,9-10,15,17,22H,3-4,6-8,11-14,16H2,1-2H3,(H,27,33). The number of ether oxygens (including phenoxy) is 1. The maximum atomic E-state index is 13.1. The molecule has 1 atom stereocenters. The Balaban J connectivity index is 1.60. The van der Waals surface area contributed by atoms with Gasteiger partial charge in [-0.05, 0) is 43.9 Å². The van der Waals surface area contributed by atoms with Crippen molar-refractivity contribution in [1.29, 1.82) is 0 Å². The molecule has 1 aromatic rings. The molecular weight excluding hydrogens is 456 g/mol. The average molecular weight is 489 g/mol. The van der Waals surface area contributed by atoms with Crippen LogP contribution in [0.1, 0.15) is 44.2 Å². The highest BCUT2D eigenvalue weighted by molar-refractivity contribution is 6.30. The summed E-state index contributed by atoms with van der Waals surface area (Å²) in [7, 11) is 1.67. The van der Waals surface area contributed by atoms with Gasteiger partial charge < -0.3 is 15.0 Å². The maximum absolute atomic E-state index is 13.1. The average Bonchev–Trinajstić information content (AvgIpc) is 3.01. The van der Waals surface area contributed by atoms with E-state index in [4.69, 9.17) is 16.3 Å². The summed E-state index contributed by atoms with van der Waals surface area (Å²) >= 11 is 6.21. The first-order chi connectivity index (χ1) is 16.4. The first-order valence-corrected chi connectivity index (χ1v) is 12.5. The second kappa shape index (κ2) is 10.8. The fourth-order valence-corrected chi connectivity index (χ4v) is 5.01. The number of benzene rings is 1. The zero-order valence-corrected chi connectivity index (χ0v) is 20.6. The van der Waals surface area contributed by atoms with Crippen molar-refractivity contribution >= 4 is 29.5 Å². The van der Waals surface area contributed by atoms with Crippen LogP contribution >= 0.6 is 11.6 Å². The Labute approximate surface area is 205 Å². The number of esters is 1. The number of likely N-dealkylation sites (N-methyl/N-ethyl adjacent to an activating group) is 1. The van der Waals surface area contributed by atoms with Crippen molar-refractivity contribution in [2.24, 2.45) is 5.92 Å². The van der Waals surface area contributed by atoms with Gasteiger partial charge >= 0.3 is 12.0 Å². The highest BCUT2D eigenvalue weighted by atomic mass is 35.5. The summed E-state index contributed by atoms with van der Waals surface area (Å²) in [6, 6.07) is 6.21. The normalized spacial score (nSPS) is 22.2. The smallest absolute Gasteiger partial charge is 0.338 e. The maximum Gasteiger partial charge on any atom is 0.338 e. The van der Waals surface area contributed by atoms with Crippen LogP contribution in [-0.4, -0.2) is 79.0 Å². The Hall–Kier alpha value is -2.58. The number of nitrogens with one attached hydrogen (secondary N) is 1. The zero-order valence-electron chi connectivity index (χ0n) is 19.9. The van der Waals surface area contributed by atoms with Gasteiger partial charge in [-0.3, -0.25) is 14.6 Å². The largest absolute Gasteiger partial charge is 0.463 e. The molecule has 0 bridgehead atoms. The second-order valence-electron chi connectivity index (χ2n) is 9.16. The predicted octanol–water partition coefficient (Wildman–Crippen LogP) is 3.19. The molecule has 2 heterocycles. The molecule has 34 heavy (non-hydrogen) atoms. The molecule has 2 fully saturated rings. The van der Waals surface area contributed by atoms with Crippen LogP contribution in [0.4, 0.5) is 4.79 Å². The van der Waals surface area contributed by atoms with E-state index in [0.717, 1.165) is 44.3 Å². The van der Waals surface area contributed by atoms with Gasteiger partial charge in [-0.1, -0.05) is 30.2 Å². The van der Waals surface area contributed by atoms with Crippen LogP contribution in [-0.2, 0) is 14.3 Å². The van der Waals surface area contributed by atoms with Crippen LogP contribution < -0.4 is 5.32 Å². The Bertz CT molecular complexity index is 977. The number of carbonyl (C=O) groups is 3. The highest BCUT2D eigenvalue weighted by Crippen LogP contribution is 2.33. The molecule has 8 nitrogen and oxygen atoms in total. The molecule has 3 amide bonds. The van der Waals surface area contributed by atoms with Gasteiger partial charge in [0.1, 0.15) is 0 Å². The van der Waals surface area contributed by atoms with Crippen LogP contribution in [0.2, 0.25) is 5.02 Å². The SMILES string of the molecule is CCOC(=O)C1=C(CN2CCCN(C(=O)C3CCC3)CC2)N(C)C(=O)NC1c1cccc(Cl)c1. The van der Waals surface area contributed by atoms with Crippen molar-refractivity contribution in [2.75, 3.05) is 46.4 Å². The topological polar surface area (TPSA) is 82.2 Å². The lowest BCUT2D eigenvalue weighted by Crippen LogP contribution is -2.49. The highest BCUT2D eigenvalue weighted by Gasteiger charge is 2.38. The van der Waals surface area contributed by atoms with E-state index in [0.29, 0.717) is 35.9 Å². The third-order valence-electron chi connectivity index (χ3n) is 6.98. The van der Waals surface area contributed by atoms with Gasteiger partial charge in [-0.25, -0.2) is 9.59 Å². The van der Waals surface area contributed by atoms with E-state index >= 15 is 0 Å². The summed E-state index contributed by atoms with van der Waals surface area (Å²) in [5.41, 5.74) is 1.76. The van der Waals surface area contributed by atoms with Gasteiger partial charge in [0, 0.05) is 56.4 Å². The summed E-state index contributed by atoms with van der Waals surface area (Å²) in [5.74, 6) is 0.0111. The predicted molar refractivity (Wildman–Crippen MR) is 129 cm³/mol. The first kappa shape index (κ1) is 24.5. The van der Waals surface area contributed by atoms with Crippen molar-refractivity contribution in [3.05, 3.63) is 46.1 Å². The molecule has 1 aromatic carbocycles. The molecule has 1 saturated carbocycles. The summed E-state index contributed by atoms with van der Waals surface area (Å²) in [6.07, 6.45) is 4.00. The van der Waals surface area contributed by atoms with E-state index in [-0.39, 0.29) is 24.5 Å². The number of urea groups is 1. The first-order valence-electron chi connectivity index (χ1n) is 12.1. The monoisotopic (exact) mass is 488 g/mol. The van der Waals surface area contributed by atoms with Crippen molar-refractivity contribution in [3.63, 3.8) is 0 Å². The number of hydrogen-bond donors (Lipinski definition) is 1. The molecule has 1 aliphatic carbocycles. The van der Waals surface area contributed by atoms with Crippen LogP contribution in [0, 0.1) is 5.92 Å². The number of nitrogens with zero attached hydrogens (tertiary/aromatic N) is 3. The third kappa shape index (κ3) is 5.23. The van der Waals surface area contributed by atoms with Crippen LogP contribution in [0.5, 0.6) is 0 Å². The number of rotatable bonds is 6. The molecule has 0 aromatic heterocycles. The van der Waals surface area contributed by atoms with E-state index in [1.807, 2.05) is 11.0 Å². The van der Waals surface area contributed by atoms with Gasteiger partial charge in [0.25, 0.3) is 0 Å². The van der Waals surface area contributed by atoms with Crippen LogP contribution in [0.25, 0.3) is 0 Å². The molecule has 1 N–H and O–H groups in total. The molecule has 9 heteroatoms. The lowest BCUT2D eigenvalue weighted by Gasteiger charge is -2.36. The Kier molecular flexibility index (Phi) is 7.78. The van der Waals surface area contributed by atoms with Gasteiger partial charge in [0.05, 0.1) is 18.2 Å². The van der Waals surface area contributed by atoms with Crippen LogP contribution in [0.15, 0.2) is 35.5 Å². The number of carbonyl (C=O) groups excluding carboxylic acids is 3. The van der Waals surface area contributed by atoms with E-state index in [1.165, 1.54) is 4.90 Å². The van der Waals surface area contributed by atoms with Gasteiger partial charge in [-0.15, -0.1) is 0 Å². The Morgan fingerprint density at radius 1 is 1.15 bits per heavy atom. The molecule has 0 spiro atoms. The van der Waals surface area contributed by atoms with E-state index < -0.39 is 12.0 Å². The minimum atomic E-state index is -0.653. The van der Waals surface area contributed by atoms with Gasteiger partial charge in [-0.2, -0.15) is 0 Å². The summed E-state index contributed by atoms with van der Waals surface area (Å²) in [5, 5.41) is 3.45. The molecule has 4 rings (SSSR count). The molecule has 3 aliphatic rings. The minimum absolute atomic E-state index is 0.191. The molecule has 1 saturated heterocycles. The minimum Gasteiger partial charge on any atom is -0.463 e. The summed E-state index contributed by atoms with van der Waals surface area (Å²) < 4.78 is 5.41. The second-order valence-corrected chi connectivity index (χ2v) is 9.60. The molecular formula is C25H33ClN4O4. The number of hydrogen-bond acceptors (Lipinski definition) is 5. The molecule has 184 valence electrons. The molecule has 0 radical (unpaired) electrons. The fourth-order valence-electron chi connectivity index (χ4n) is 4.81. The summed E-state index contributed by atoms with van der Waals surface area (Å²) in [6.45, 7) is 5.29. The van der Waals surface area contributed by atoms with Crippen molar-refractivity contribution in [1.82, 2.24) is 20.0 Å². The van der Waals surface area contributed by atoms with Crippen LogP contribution in [0.3, 0.4) is 0 Å². The zero-order chi connectivity index (χ0) is 24.2. The fraction of sp³-hybridized carbons (Fsp3) is 0.560. The van der Waals surface area contributed by atoms with Crippen molar-refractivity contribution < 1.29 is 19.1 Å². The quantitative estimate of drug-likeness (QED) is 0.622. The van der Waals surface area contributed by atoms with E-state index in [2.05, 4.69) is 10.2 Å². The van der Waals surface area contributed by atoms with Gasteiger partial charge in [0.2, 0.25) is 5.91 Å². The van der Waals surface area contributed by atoms with E-state index in [9.17, 15) is 14.4 Å². The number of amides is 3. The van der Waals surface area contributed by atoms with Crippen molar-refractivity contribution in [2.45, 2.75) is 38.6 Å². The lowest BCUT2D eigenvalue weighted by atomic mass is 9.84. The number of halogens is 1. The third-order valence-corrected chi connectivity index (χ3v) is 7.22. The lowest BCUT2D eigenvalue weighted by molar-refractivity contribution is -0.139. The Morgan fingerprint density at radius 2 is 1.94 bits per heavy atom. The van der Waals surface area contributed by atoms with Crippen molar-refractivity contribution in [3.8, 4) is 0 Å². The Morgan fingerprint density at radius 3 is 2.62 bits per heavy atom.